The van der Waals surface area contributed by atoms with Gasteiger partial charge < -0.3 is 10.6 Å². The average Bonchev–Trinajstić information content (AvgIpc) is 2.98. The van der Waals surface area contributed by atoms with Gasteiger partial charge in [0.25, 0.3) is 0 Å². The van der Waals surface area contributed by atoms with Crippen molar-refractivity contribution in [1.82, 2.24) is 4.98 Å². The van der Waals surface area contributed by atoms with Gasteiger partial charge in [-0.2, -0.15) is 0 Å². The van der Waals surface area contributed by atoms with E-state index in [1.54, 1.807) is 6.92 Å². The summed E-state index contributed by atoms with van der Waals surface area (Å²) in [6, 6.07) is 13.2. The van der Waals surface area contributed by atoms with Gasteiger partial charge in [-0.05, 0) is 45.8 Å². The van der Waals surface area contributed by atoms with Crippen molar-refractivity contribution in [2.45, 2.75) is 19.8 Å². The van der Waals surface area contributed by atoms with Gasteiger partial charge in [0.2, 0.25) is 11.8 Å². The van der Waals surface area contributed by atoms with Crippen LogP contribution in [-0.4, -0.2) is 16.8 Å². The van der Waals surface area contributed by atoms with E-state index in [4.69, 9.17) is 0 Å². The minimum absolute atomic E-state index is 0.0629. The predicted octanol–water partition coefficient (Wildman–Crippen LogP) is 4.59. The third-order valence-corrected chi connectivity index (χ3v) is 5.16. The monoisotopic (exact) mass is 417 g/mol. The maximum absolute atomic E-state index is 12.3. The Labute approximate surface area is 157 Å². The molecule has 0 fully saturated rings. The molecule has 1 heterocycles. The second kappa shape index (κ2) is 7.76. The molecule has 0 bridgehead atoms. The number of anilines is 2. The van der Waals surface area contributed by atoms with Crippen LogP contribution in [0.2, 0.25) is 0 Å². The summed E-state index contributed by atoms with van der Waals surface area (Å²) < 4.78 is 1.79. The van der Waals surface area contributed by atoms with Crippen LogP contribution in [0.15, 0.2) is 46.9 Å². The summed E-state index contributed by atoms with van der Waals surface area (Å²) in [5, 5.41) is 6.24. The number of carbonyl (C=O) groups excluding carboxylic acids is 2. The largest absolute Gasteiger partial charge is 0.325 e. The van der Waals surface area contributed by atoms with Crippen LogP contribution in [0.4, 0.5) is 10.8 Å². The van der Waals surface area contributed by atoms with Crippen molar-refractivity contribution in [3.05, 3.63) is 52.5 Å². The number of rotatable bonds is 5. The van der Waals surface area contributed by atoms with Crippen LogP contribution < -0.4 is 10.6 Å². The summed E-state index contributed by atoms with van der Waals surface area (Å²) in [4.78, 5) is 28.1. The molecule has 0 radical (unpaired) electrons. The predicted molar refractivity (Wildman–Crippen MR) is 105 cm³/mol. The van der Waals surface area contributed by atoms with Crippen LogP contribution in [0.3, 0.4) is 0 Å². The normalized spacial score (nSPS) is 10.6. The Morgan fingerprint density at radius 3 is 2.68 bits per heavy atom. The van der Waals surface area contributed by atoms with E-state index in [1.807, 2.05) is 42.5 Å². The third kappa shape index (κ3) is 4.43. The van der Waals surface area contributed by atoms with Crippen molar-refractivity contribution in [2.75, 3.05) is 10.6 Å². The summed E-state index contributed by atoms with van der Waals surface area (Å²) >= 11 is 4.82. The lowest BCUT2D eigenvalue weighted by molar-refractivity contribution is -0.116. The zero-order chi connectivity index (χ0) is 17.8. The zero-order valence-corrected chi connectivity index (χ0v) is 15.9. The van der Waals surface area contributed by atoms with Crippen molar-refractivity contribution >= 4 is 60.1 Å². The molecule has 7 heteroatoms. The van der Waals surface area contributed by atoms with Crippen molar-refractivity contribution in [3.63, 3.8) is 0 Å². The van der Waals surface area contributed by atoms with Gasteiger partial charge in [0.1, 0.15) is 0 Å². The molecule has 5 nitrogen and oxygen atoms in total. The summed E-state index contributed by atoms with van der Waals surface area (Å²) in [5.74, 6) is -0.151. The van der Waals surface area contributed by atoms with Crippen molar-refractivity contribution < 1.29 is 9.59 Å². The first-order chi connectivity index (χ1) is 12.0. The molecule has 1 aromatic heterocycles. The van der Waals surface area contributed by atoms with Gasteiger partial charge in [0, 0.05) is 10.9 Å². The number of benzene rings is 2. The Morgan fingerprint density at radius 1 is 1.12 bits per heavy atom. The highest BCUT2D eigenvalue weighted by molar-refractivity contribution is 9.10. The van der Waals surface area contributed by atoms with Gasteiger partial charge in [-0.1, -0.05) is 36.5 Å². The average molecular weight is 418 g/mol. The first-order valence-corrected chi connectivity index (χ1v) is 9.40. The Bertz CT molecular complexity index is 939. The summed E-state index contributed by atoms with van der Waals surface area (Å²) in [6.07, 6.45) is 0.683. The molecule has 0 unspecified atom stereocenters. The van der Waals surface area contributed by atoms with E-state index in [0.29, 0.717) is 11.6 Å². The fourth-order valence-corrected chi connectivity index (χ4v) is 3.61. The molecule has 0 aliphatic heterocycles. The second-order valence-corrected chi connectivity index (χ2v) is 7.31. The van der Waals surface area contributed by atoms with Crippen molar-refractivity contribution in [2.24, 2.45) is 0 Å². The molecule has 0 saturated heterocycles. The first-order valence-electron chi connectivity index (χ1n) is 7.79. The van der Waals surface area contributed by atoms with Gasteiger partial charge in [0.05, 0.1) is 22.3 Å². The molecule has 0 aliphatic carbocycles. The number of thiazole rings is 1. The fourth-order valence-electron chi connectivity index (χ4n) is 2.28. The summed E-state index contributed by atoms with van der Waals surface area (Å²) in [7, 11) is 0. The lowest BCUT2D eigenvalue weighted by atomic mass is 10.1. The molecule has 2 amide bonds. The number of fused-ring (bicyclic) bond motifs is 1. The fraction of sp³-hybridized carbons (Fsp3) is 0.167. The van der Waals surface area contributed by atoms with Gasteiger partial charge in [-0.15, -0.1) is 0 Å². The minimum atomic E-state index is -0.0877. The topological polar surface area (TPSA) is 71.1 Å². The standard InChI is InChI=1S/C18H16BrN3O2S/c1-2-16(23)22-18-21-14-8-7-11(9-15(14)25-18)10-17(24)20-13-6-4-3-5-12(13)19/h3-9H,2,10H2,1H3,(H,20,24)(H,21,22,23). The molecule has 3 aromatic rings. The number of halogens is 1. The van der Waals surface area contributed by atoms with Crippen LogP contribution in [0.5, 0.6) is 0 Å². The molecule has 0 atom stereocenters. The summed E-state index contributed by atoms with van der Waals surface area (Å²) in [5.41, 5.74) is 2.45. The number of nitrogens with one attached hydrogen (secondary N) is 2. The highest BCUT2D eigenvalue weighted by atomic mass is 79.9. The number of hydrogen-bond acceptors (Lipinski definition) is 4. The Kier molecular flexibility index (Phi) is 5.45. The van der Waals surface area contributed by atoms with Gasteiger partial charge >= 0.3 is 0 Å². The molecule has 2 N–H and O–H groups in total. The number of aromatic nitrogens is 1. The molecule has 2 aromatic carbocycles. The van der Waals surface area contributed by atoms with Crippen molar-refractivity contribution in [3.8, 4) is 0 Å². The van der Waals surface area contributed by atoms with E-state index in [1.165, 1.54) is 11.3 Å². The number of hydrogen-bond donors (Lipinski definition) is 2. The Balaban J connectivity index is 1.72. The molecule has 3 rings (SSSR count). The van der Waals surface area contributed by atoms with Gasteiger partial charge in [-0.3, -0.25) is 9.59 Å². The number of carbonyl (C=O) groups is 2. The number of amides is 2. The summed E-state index contributed by atoms with van der Waals surface area (Å²) in [6.45, 7) is 1.80. The van der Waals surface area contributed by atoms with E-state index in [0.717, 1.165) is 25.9 Å². The Hall–Kier alpha value is -2.25. The smallest absolute Gasteiger partial charge is 0.228 e. The van der Waals surface area contributed by atoms with Crippen LogP contribution in [0.1, 0.15) is 18.9 Å². The molecule has 0 saturated carbocycles. The zero-order valence-electron chi connectivity index (χ0n) is 13.5. The number of para-hydroxylation sites is 1. The molecule has 128 valence electrons. The van der Waals surface area contributed by atoms with E-state index in [2.05, 4.69) is 31.5 Å². The lowest BCUT2D eigenvalue weighted by Gasteiger charge is -2.07. The first kappa shape index (κ1) is 17.6. The SMILES string of the molecule is CCC(=O)Nc1nc2ccc(CC(=O)Nc3ccccc3Br)cc2s1. The Morgan fingerprint density at radius 2 is 1.92 bits per heavy atom. The van der Waals surface area contributed by atoms with Crippen LogP contribution in [0.25, 0.3) is 10.2 Å². The molecular weight excluding hydrogens is 402 g/mol. The van der Waals surface area contributed by atoms with E-state index in [-0.39, 0.29) is 18.2 Å². The molecular formula is C18H16BrN3O2S. The van der Waals surface area contributed by atoms with E-state index in [9.17, 15) is 9.59 Å². The van der Waals surface area contributed by atoms with Crippen LogP contribution >= 0.6 is 27.3 Å². The number of nitrogens with zero attached hydrogens (tertiary/aromatic N) is 1. The highest BCUT2D eigenvalue weighted by Gasteiger charge is 2.10. The molecule has 0 spiro atoms. The minimum Gasteiger partial charge on any atom is -0.325 e. The molecule has 25 heavy (non-hydrogen) atoms. The highest BCUT2D eigenvalue weighted by Crippen LogP contribution is 2.27. The van der Waals surface area contributed by atoms with Crippen LogP contribution in [0, 0.1) is 0 Å². The lowest BCUT2D eigenvalue weighted by Crippen LogP contribution is -2.14. The van der Waals surface area contributed by atoms with Gasteiger partial charge in [-0.25, -0.2) is 4.98 Å². The third-order valence-electron chi connectivity index (χ3n) is 3.53. The van der Waals surface area contributed by atoms with Gasteiger partial charge in [0.15, 0.2) is 5.13 Å². The quantitative estimate of drug-likeness (QED) is 0.637. The molecule has 0 aliphatic rings. The van der Waals surface area contributed by atoms with E-state index < -0.39 is 0 Å². The van der Waals surface area contributed by atoms with Crippen molar-refractivity contribution in [1.29, 1.82) is 0 Å². The second-order valence-electron chi connectivity index (χ2n) is 5.43. The van der Waals surface area contributed by atoms with E-state index >= 15 is 0 Å². The van der Waals surface area contributed by atoms with Crippen LogP contribution in [-0.2, 0) is 16.0 Å². The maximum atomic E-state index is 12.3. The maximum Gasteiger partial charge on any atom is 0.228 e.